The fraction of sp³-hybridized carbons (Fsp3) is 0.261. The zero-order chi connectivity index (χ0) is 19.5. The van der Waals surface area contributed by atoms with Crippen molar-refractivity contribution < 1.29 is 15.0 Å². The van der Waals surface area contributed by atoms with Crippen LogP contribution < -0.4 is 10.2 Å². The quantitative estimate of drug-likeness (QED) is 0.576. The van der Waals surface area contributed by atoms with Gasteiger partial charge in [-0.25, -0.2) is 0 Å². The third kappa shape index (κ3) is 4.01. The van der Waals surface area contributed by atoms with E-state index in [1.807, 2.05) is 54.6 Å². The van der Waals surface area contributed by atoms with Crippen LogP contribution in [0, 0.1) is 0 Å². The number of carbonyl (C=O) groups is 1. The minimum atomic E-state index is -0.819. The minimum Gasteiger partial charge on any atom is -0.481 e. The van der Waals surface area contributed by atoms with E-state index in [4.69, 9.17) is 5.11 Å². The molecule has 2 atom stereocenters. The Kier molecular flexibility index (Phi) is 5.28. The number of carboxylic acid groups (broad SMARTS) is 1. The third-order valence-electron chi connectivity index (χ3n) is 5.36. The van der Waals surface area contributed by atoms with Crippen molar-refractivity contribution in [1.29, 1.82) is 0 Å². The number of hydrogen-bond donors (Lipinski definition) is 3. The van der Waals surface area contributed by atoms with Gasteiger partial charge in [0, 0.05) is 30.4 Å². The molecule has 0 aliphatic carbocycles. The van der Waals surface area contributed by atoms with Gasteiger partial charge in [0.05, 0.1) is 6.42 Å². The van der Waals surface area contributed by atoms with Gasteiger partial charge in [-0.15, -0.1) is 0 Å². The molecular formula is C23H24N2O3. The monoisotopic (exact) mass is 376 g/mol. The van der Waals surface area contributed by atoms with Crippen LogP contribution in [0.4, 0.5) is 5.69 Å². The molecule has 28 heavy (non-hydrogen) atoms. The highest BCUT2D eigenvalue weighted by molar-refractivity contribution is 5.85. The second-order valence-electron chi connectivity index (χ2n) is 7.31. The Hall–Kier alpha value is -2.89. The van der Waals surface area contributed by atoms with E-state index >= 15 is 0 Å². The molecule has 0 saturated carbocycles. The van der Waals surface area contributed by atoms with Crippen molar-refractivity contribution in [2.75, 3.05) is 18.0 Å². The van der Waals surface area contributed by atoms with Gasteiger partial charge in [-0.3, -0.25) is 10.1 Å². The van der Waals surface area contributed by atoms with Gasteiger partial charge in [0.1, 0.15) is 6.23 Å². The zero-order valence-corrected chi connectivity index (χ0v) is 15.6. The predicted molar refractivity (Wildman–Crippen MR) is 110 cm³/mol. The number of rotatable bonds is 6. The summed E-state index contributed by atoms with van der Waals surface area (Å²) in [6.07, 6.45) is 0.273. The highest BCUT2D eigenvalue weighted by atomic mass is 16.4. The Bertz CT molecular complexity index is 966. The minimum absolute atomic E-state index is 0.0433. The molecule has 5 nitrogen and oxygen atoms in total. The van der Waals surface area contributed by atoms with Crippen LogP contribution in [0.1, 0.15) is 23.8 Å². The van der Waals surface area contributed by atoms with Gasteiger partial charge in [0.2, 0.25) is 0 Å². The molecule has 0 bridgehead atoms. The molecule has 1 saturated heterocycles. The van der Waals surface area contributed by atoms with Crippen molar-refractivity contribution in [3.8, 4) is 0 Å². The maximum Gasteiger partial charge on any atom is 0.307 e. The summed E-state index contributed by atoms with van der Waals surface area (Å²) < 4.78 is 0. The molecule has 0 aromatic heterocycles. The van der Waals surface area contributed by atoms with Gasteiger partial charge in [-0.05, 0) is 34.9 Å². The molecule has 144 valence electrons. The van der Waals surface area contributed by atoms with Crippen LogP contribution in [0.25, 0.3) is 10.8 Å². The number of nitrogens with one attached hydrogen (secondary N) is 1. The first kappa shape index (κ1) is 18.5. The maximum absolute atomic E-state index is 10.8. The first-order chi connectivity index (χ1) is 13.6. The zero-order valence-electron chi connectivity index (χ0n) is 15.6. The fourth-order valence-corrected chi connectivity index (χ4v) is 3.93. The summed E-state index contributed by atoms with van der Waals surface area (Å²) in [6, 6.07) is 22.0. The second-order valence-corrected chi connectivity index (χ2v) is 7.31. The molecule has 2 unspecified atom stereocenters. The summed E-state index contributed by atoms with van der Waals surface area (Å²) >= 11 is 0. The van der Waals surface area contributed by atoms with E-state index < -0.39 is 12.2 Å². The predicted octanol–water partition coefficient (Wildman–Crippen LogP) is 3.33. The average Bonchev–Trinajstić information content (AvgIpc) is 3.16. The number of aliphatic hydroxyl groups excluding tert-OH is 1. The van der Waals surface area contributed by atoms with Crippen molar-refractivity contribution in [3.05, 3.63) is 77.9 Å². The summed E-state index contributed by atoms with van der Waals surface area (Å²) in [6.45, 7) is 1.71. The van der Waals surface area contributed by atoms with Gasteiger partial charge in [0.25, 0.3) is 0 Å². The van der Waals surface area contributed by atoms with Gasteiger partial charge >= 0.3 is 5.97 Å². The Morgan fingerprint density at radius 1 is 1.07 bits per heavy atom. The Morgan fingerprint density at radius 2 is 1.82 bits per heavy atom. The van der Waals surface area contributed by atoms with Crippen LogP contribution in [-0.4, -0.2) is 35.3 Å². The summed E-state index contributed by atoms with van der Waals surface area (Å²) in [4.78, 5) is 13.1. The van der Waals surface area contributed by atoms with E-state index in [0.717, 1.165) is 47.1 Å². The number of aliphatic carboxylic acids is 1. The first-order valence-corrected chi connectivity index (χ1v) is 9.57. The fourth-order valence-electron chi connectivity index (χ4n) is 3.93. The van der Waals surface area contributed by atoms with Crippen LogP contribution in [0.15, 0.2) is 66.7 Å². The average molecular weight is 376 g/mol. The van der Waals surface area contributed by atoms with Crippen LogP contribution in [0.2, 0.25) is 0 Å². The SMILES string of the molecule is O=C(O)Cc1ccc(N2CCC(NC(O)c3cccc4ccccc34)C2)cc1. The summed E-state index contributed by atoms with van der Waals surface area (Å²) in [5.41, 5.74) is 2.78. The van der Waals surface area contributed by atoms with Crippen molar-refractivity contribution >= 4 is 22.4 Å². The molecule has 1 aliphatic heterocycles. The Labute approximate surface area is 164 Å². The van der Waals surface area contributed by atoms with Gasteiger partial charge < -0.3 is 15.1 Å². The molecule has 1 aliphatic rings. The van der Waals surface area contributed by atoms with Crippen molar-refractivity contribution in [2.24, 2.45) is 0 Å². The van der Waals surface area contributed by atoms with Crippen LogP contribution in [0.5, 0.6) is 0 Å². The lowest BCUT2D eigenvalue weighted by molar-refractivity contribution is -0.136. The number of nitrogens with zero attached hydrogens (tertiary/aromatic N) is 1. The van der Waals surface area contributed by atoms with E-state index in [9.17, 15) is 9.90 Å². The topological polar surface area (TPSA) is 72.8 Å². The van der Waals surface area contributed by atoms with E-state index in [1.54, 1.807) is 0 Å². The molecule has 0 spiro atoms. The van der Waals surface area contributed by atoms with E-state index in [2.05, 4.69) is 22.3 Å². The molecule has 1 heterocycles. The molecule has 3 aromatic carbocycles. The van der Waals surface area contributed by atoms with Gasteiger partial charge in [-0.2, -0.15) is 0 Å². The number of aliphatic hydroxyl groups is 1. The molecular weight excluding hydrogens is 352 g/mol. The van der Waals surface area contributed by atoms with Gasteiger partial charge in [0.15, 0.2) is 0 Å². The second kappa shape index (κ2) is 8.00. The molecule has 3 aromatic rings. The molecule has 5 heteroatoms. The van der Waals surface area contributed by atoms with E-state index in [-0.39, 0.29) is 12.5 Å². The first-order valence-electron chi connectivity index (χ1n) is 9.57. The van der Waals surface area contributed by atoms with Crippen LogP contribution in [-0.2, 0) is 11.2 Å². The number of carboxylic acids is 1. The normalized spacial score (nSPS) is 17.8. The molecule has 0 radical (unpaired) electrons. The standard InChI is InChI=1S/C23H24N2O3/c26-22(27)14-16-8-10-19(11-9-16)25-13-12-18(15-25)24-23(28)21-7-3-5-17-4-1-2-6-20(17)21/h1-11,18,23-24,28H,12-15H2,(H,26,27). The smallest absolute Gasteiger partial charge is 0.307 e. The molecule has 3 N–H and O–H groups in total. The third-order valence-corrected chi connectivity index (χ3v) is 5.36. The summed E-state index contributed by atoms with van der Waals surface area (Å²) in [5, 5.41) is 25.2. The maximum atomic E-state index is 10.8. The number of hydrogen-bond acceptors (Lipinski definition) is 4. The Balaban J connectivity index is 1.41. The number of benzene rings is 3. The van der Waals surface area contributed by atoms with E-state index in [0.29, 0.717) is 0 Å². The summed E-state index contributed by atoms with van der Waals surface area (Å²) in [5.74, 6) is -0.819. The number of anilines is 1. The van der Waals surface area contributed by atoms with Gasteiger partial charge in [-0.1, -0.05) is 54.6 Å². The molecule has 0 amide bonds. The molecule has 4 rings (SSSR count). The summed E-state index contributed by atoms with van der Waals surface area (Å²) in [7, 11) is 0. The lowest BCUT2D eigenvalue weighted by atomic mass is 10.0. The van der Waals surface area contributed by atoms with E-state index in [1.165, 1.54) is 0 Å². The van der Waals surface area contributed by atoms with Crippen molar-refractivity contribution in [2.45, 2.75) is 25.1 Å². The Morgan fingerprint density at radius 3 is 2.61 bits per heavy atom. The number of fused-ring (bicyclic) bond motifs is 1. The lowest BCUT2D eigenvalue weighted by Crippen LogP contribution is -2.35. The van der Waals surface area contributed by atoms with Crippen LogP contribution in [0.3, 0.4) is 0 Å². The van der Waals surface area contributed by atoms with Crippen molar-refractivity contribution in [1.82, 2.24) is 5.32 Å². The van der Waals surface area contributed by atoms with Crippen molar-refractivity contribution in [3.63, 3.8) is 0 Å². The highest BCUT2D eigenvalue weighted by Crippen LogP contribution is 2.26. The largest absolute Gasteiger partial charge is 0.481 e. The highest BCUT2D eigenvalue weighted by Gasteiger charge is 2.25. The van der Waals surface area contributed by atoms with Crippen LogP contribution >= 0.6 is 0 Å². The lowest BCUT2D eigenvalue weighted by Gasteiger charge is -2.22. The molecule has 1 fully saturated rings.